The molecule has 0 aromatic heterocycles. The predicted octanol–water partition coefficient (Wildman–Crippen LogP) is 2.69. The molecule has 0 aliphatic carbocycles. The van der Waals surface area contributed by atoms with Gasteiger partial charge in [-0.05, 0) is 37.1 Å². The molecule has 2 aromatic rings. The minimum absolute atomic E-state index is 0.0672. The Bertz CT molecular complexity index is 883. The van der Waals surface area contributed by atoms with Gasteiger partial charge in [-0.15, -0.1) is 0 Å². The van der Waals surface area contributed by atoms with Gasteiger partial charge in [-0.1, -0.05) is 24.3 Å². The summed E-state index contributed by atoms with van der Waals surface area (Å²) in [5.41, 5.74) is 1.22. The molecule has 25 heavy (non-hydrogen) atoms. The Morgan fingerprint density at radius 2 is 1.92 bits per heavy atom. The molecule has 0 spiro atoms. The number of nitrogens with one attached hydrogen (secondary N) is 1. The number of hydrogen-bond donors (Lipinski definition) is 1. The second-order valence-corrected chi connectivity index (χ2v) is 7.93. The number of anilines is 1. The quantitative estimate of drug-likeness (QED) is 0.909. The number of carbonyl (C=O) groups excluding carboxylic acids is 1. The molecule has 0 saturated carbocycles. The highest BCUT2D eigenvalue weighted by atomic mass is 32.2. The first kappa shape index (κ1) is 17.4. The van der Waals surface area contributed by atoms with Gasteiger partial charge in [0.1, 0.15) is 5.82 Å². The summed E-state index contributed by atoms with van der Waals surface area (Å²) in [5, 5.41) is 2.66. The van der Waals surface area contributed by atoms with Crippen LogP contribution in [0.25, 0.3) is 0 Å². The lowest BCUT2D eigenvalue weighted by atomic mass is 10.1. The van der Waals surface area contributed by atoms with Crippen molar-refractivity contribution in [1.29, 1.82) is 0 Å². The Morgan fingerprint density at radius 3 is 2.68 bits per heavy atom. The third kappa shape index (κ3) is 3.99. The van der Waals surface area contributed by atoms with Crippen molar-refractivity contribution >= 4 is 21.6 Å². The monoisotopic (exact) mass is 362 g/mol. The lowest BCUT2D eigenvalue weighted by molar-refractivity contribution is 0.0950. The molecule has 0 radical (unpaired) electrons. The maximum absolute atomic E-state index is 13.6. The van der Waals surface area contributed by atoms with Crippen molar-refractivity contribution < 1.29 is 17.6 Å². The van der Waals surface area contributed by atoms with E-state index in [9.17, 15) is 17.6 Å². The van der Waals surface area contributed by atoms with E-state index in [-0.39, 0.29) is 24.0 Å². The molecule has 1 fully saturated rings. The van der Waals surface area contributed by atoms with E-state index in [4.69, 9.17) is 0 Å². The van der Waals surface area contributed by atoms with Crippen LogP contribution in [0.5, 0.6) is 0 Å². The van der Waals surface area contributed by atoms with Gasteiger partial charge in [0.15, 0.2) is 0 Å². The van der Waals surface area contributed by atoms with Gasteiger partial charge in [0.25, 0.3) is 5.91 Å². The van der Waals surface area contributed by atoms with Crippen LogP contribution in [-0.4, -0.2) is 26.6 Å². The van der Waals surface area contributed by atoms with Crippen molar-refractivity contribution in [1.82, 2.24) is 5.32 Å². The van der Waals surface area contributed by atoms with Gasteiger partial charge >= 0.3 is 0 Å². The first-order chi connectivity index (χ1) is 12.0. The van der Waals surface area contributed by atoms with Crippen LogP contribution in [0, 0.1) is 5.82 Å². The molecule has 1 N–H and O–H groups in total. The first-order valence-corrected chi connectivity index (χ1v) is 9.70. The van der Waals surface area contributed by atoms with E-state index in [0.29, 0.717) is 29.8 Å². The summed E-state index contributed by atoms with van der Waals surface area (Å²) in [4.78, 5) is 12.3. The highest BCUT2D eigenvalue weighted by Gasteiger charge is 2.26. The number of nitrogens with zero attached hydrogens (tertiary/aromatic N) is 1. The Kier molecular flexibility index (Phi) is 5.03. The van der Waals surface area contributed by atoms with E-state index < -0.39 is 10.0 Å². The second-order valence-electron chi connectivity index (χ2n) is 5.92. The zero-order valence-electron chi connectivity index (χ0n) is 13.6. The van der Waals surface area contributed by atoms with Crippen molar-refractivity contribution in [3.8, 4) is 0 Å². The predicted molar refractivity (Wildman–Crippen MR) is 94.4 cm³/mol. The summed E-state index contributed by atoms with van der Waals surface area (Å²) < 4.78 is 39.4. The zero-order chi connectivity index (χ0) is 17.9. The zero-order valence-corrected chi connectivity index (χ0v) is 14.4. The molecular weight excluding hydrogens is 343 g/mol. The van der Waals surface area contributed by atoms with Gasteiger partial charge < -0.3 is 5.32 Å². The molecular formula is C18H19FN2O3S. The summed E-state index contributed by atoms with van der Waals surface area (Å²) in [6.07, 6.45) is 1.45. The normalized spacial score (nSPS) is 16.4. The number of sulfonamides is 1. The van der Waals surface area contributed by atoms with Gasteiger partial charge in [-0.2, -0.15) is 0 Å². The topological polar surface area (TPSA) is 66.5 Å². The van der Waals surface area contributed by atoms with E-state index in [2.05, 4.69) is 5.32 Å². The van der Waals surface area contributed by atoms with E-state index in [1.165, 1.54) is 10.4 Å². The Hall–Kier alpha value is -2.41. The molecule has 0 bridgehead atoms. The van der Waals surface area contributed by atoms with Gasteiger partial charge in [-0.3, -0.25) is 9.10 Å². The molecule has 1 heterocycles. The highest BCUT2D eigenvalue weighted by Crippen LogP contribution is 2.24. The minimum Gasteiger partial charge on any atom is -0.348 e. The largest absolute Gasteiger partial charge is 0.348 e. The fourth-order valence-corrected chi connectivity index (χ4v) is 4.43. The first-order valence-electron chi connectivity index (χ1n) is 8.09. The van der Waals surface area contributed by atoms with E-state index in [1.807, 2.05) is 0 Å². The lowest BCUT2D eigenvalue weighted by Crippen LogP contribution is -2.38. The summed E-state index contributed by atoms with van der Waals surface area (Å²) in [6, 6.07) is 12.7. The number of carbonyl (C=O) groups is 1. The molecule has 0 atom stereocenters. The average molecular weight is 362 g/mol. The van der Waals surface area contributed by atoms with Crippen LogP contribution in [-0.2, 0) is 16.6 Å². The minimum atomic E-state index is -3.33. The SMILES string of the molecule is O=C(NCc1ccccc1F)c1cccc(N2CCCCS2(=O)=O)c1. The fraction of sp³-hybridized carbons (Fsp3) is 0.278. The molecule has 1 saturated heterocycles. The van der Waals surface area contributed by atoms with Crippen molar-refractivity contribution in [2.24, 2.45) is 0 Å². The van der Waals surface area contributed by atoms with E-state index in [1.54, 1.807) is 42.5 Å². The molecule has 7 heteroatoms. The molecule has 132 valence electrons. The number of amides is 1. The third-order valence-electron chi connectivity index (χ3n) is 4.14. The van der Waals surface area contributed by atoms with Crippen molar-refractivity contribution in [3.05, 3.63) is 65.5 Å². The van der Waals surface area contributed by atoms with Crippen LogP contribution >= 0.6 is 0 Å². The van der Waals surface area contributed by atoms with Crippen molar-refractivity contribution in [2.75, 3.05) is 16.6 Å². The summed E-state index contributed by atoms with van der Waals surface area (Å²) >= 11 is 0. The number of benzene rings is 2. The van der Waals surface area contributed by atoms with Crippen LogP contribution in [0.4, 0.5) is 10.1 Å². The number of hydrogen-bond acceptors (Lipinski definition) is 3. The average Bonchev–Trinajstić information content (AvgIpc) is 2.60. The molecule has 1 amide bonds. The molecule has 3 rings (SSSR count). The maximum atomic E-state index is 13.6. The second kappa shape index (κ2) is 7.23. The molecule has 2 aromatic carbocycles. The summed E-state index contributed by atoms with van der Waals surface area (Å²) in [5.74, 6) is -0.632. The fourth-order valence-electron chi connectivity index (χ4n) is 2.80. The van der Waals surface area contributed by atoms with Gasteiger partial charge in [0.2, 0.25) is 10.0 Å². The maximum Gasteiger partial charge on any atom is 0.251 e. The highest BCUT2D eigenvalue weighted by molar-refractivity contribution is 7.92. The number of rotatable bonds is 4. The molecule has 1 aliphatic heterocycles. The molecule has 0 unspecified atom stereocenters. The molecule has 5 nitrogen and oxygen atoms in total. The molecule has 1 aliphatic rings. The van der Waals surface area contributed by atoms with Gasteiger partial charge in [-0.25, -0.2) is 12.8 Å². The smallest absolute Gasteiger partial charge is 0.251 e. The number of halogens is 1. The van der Waals surface area contributed by atoms with Crippen LogP contribution in [0.1, 0.15) is 28.8 Å². The van der Waals surface area contributed by atoms with E-state index in [0.717, 1.165) is 6.42 Å². The van der Waals surface area contributed by atoms with Crippen LogP contribution in [0.15, 0.2) is 48.5 Å². The Morgan fingerprint density at radius 1 is 1.12 bits per heavy atom. The third-order valence-corrected chi connectivity index (χ3v) is 6.01. The summed E-state index contributed by atoms with van der Waals surface area (Å²) in [6.45, 7) is 0.486. The lowest BCUT2D eigenvalue weighted by Gasteiger charge is -2.28. The Balaban J connectivity index is 1.75. The van der Waals surface area contributed by atoms with Crippen molar-refractivity contribution in [3.63, 3.8) is 0 Å². The summed E-state index contributed by atoms with van der Waals surface area (Å²) in [7, 11) is -3.33. The van der Waals surface area contributed by atoms with Crippen LogP contribution in [0.2, 0.25) is 0 Å². The van der Waals surface area contributed by atoms with Gasteiger partial charge in [0.05, 0.1) is 11.4 Å². The van der Waals surface area contributed by atoms with Crippen LogP contribution in [0.3, 0.4) is 0 Å². The Labute approximate surface area is 146 Å². The van der Waals surface area contributed by atoms with Crippen LogP contribution < -0.4 is 9.62 Å². The standard InChI is InChI=1S/C18H19FN2O3S/c19-17-9-2-1-6-15(17)13-20-18(22)14-7-5-8-16(12-14)21-10-3-4-11-25(21,23)24/h1-2,5-9,12H,3-4,10-11,13H2,(H,20,22). The van der Waals surface area contributed by atoms with E-state index >= 15 is 0 Å². The van der Waals surface area contributed by atoms with Crippen molar-refractivity contribution in [2.45, 2.75) is 19.4 Å². The van der Waals surface area contributed by atoms with Gasteiger partial charge in [0, 0.05) is 24.2 Å².